The number of hydrogen-bond donors (Lipinski definition) is 0. The number of aromatic nitrogens is 2. The molecule has 0 fully saturated rings. The summed E-state index contributed by atoms with van der Waals surface area (Å²) in [5, 5.41) is 0.624. The number of amides is 1. The summed E-state index contributed by atoms with van der Waals surface area (Å²) >= 11 is 1.49. The topological polar surface area (TPSA) is 80.2 Å². The van der Waals surface area contributed by atoms with Crippen molar-refractivity contribution in [2.24, 2.45) is 0 Å². The third-order valence-electron chi connectivity index (χ3n) is 5.45. The molecule has 0 unspecified atom stereocenters. The third-order valence-corrected chi connectivity index (χ3v) is 8.24. The Labute approximate surface area is 197 Å². The SMILES string of the molecule is CCc1ccc2nc(N(Cc3ccccn3)C(=O)Cc3ccc(S(=O)(=O)CC)cc3)sc2c1. The maximum Gasteiger partial charge on any atom is 0.233 e. The van der Waals surface area contributed by atoms with Crippen molar-refractivity contribution in [2.45, 2.75) is 38.1 Å². The normalized spacial score (nSPS) is 11.6. The first-order chi connectivity index (χ1) is 15.9. The first-order valence-electron chi connectivity index (χ1n) is 10.8. The molecule has 0 N–H and O–H groups in total. The smallest absolute Gasteiger partial charge is 0.233 e. The first-order valence-corrected chi connectivity index (χ1v) is 13.3. The molecule has 0 aliphatic rings. The van der Waals surface area contributed by atoms with E-state index in [1.54, 1.807) is 42.3 Å². The van der Waals surface area contributed by atoms with E-state index in [1.165, 1.54) is 16.9 Å². The van der Waals surface area contributed by atoms with Gasteiger partial charge in [-0.2, -0.15) is 0 Å². The van der Waals surface area contributed by atoms with Crippen molar-refractivity contribution in [2.75, 3.05) is 10.7 Å². The van der Waals surface area contributed by atoms with E-state index in [-0.39, 0.29) is 23.0 Å². The average molecular weight is 480 g/mol. The number of sulfone groups is 1. The fourth-order valence-electron chi connectivity index (χ4n) is 3.46. The number of fused-ring (bicyclic) bond motifs is 1. The zero-order valence-electron chi connectivity index (χ0n) is 18.6. The van der Waals surface area contributed by atoms with Crippen LogP contribution < -0.4 is 4.90 Å². The van der Waals surface area contributed by atoms with Crippen LogP contribution in [0.15, 0.2) is 71.8 Å². The molecule has 8 heteroatoms. The summed E-state index contributed by atoms with van der Waals surface area (Å²) in [4.78, 5) is 24.4. The summed E-state index contributed by atoms with van der Waals surface area (Å²) in [5.41, 5.74) is 3.60. The van der Waals surface area contributed by atoms with Gasteiger partial charge < -0.3 is 0 Å². The minimum absolute atomic E-state index is 0.0421. The van der Waals surface area contributed by atoms with Crippen LogP contribution in [0.4, 0.5) is 5.13 Å². The van der Waals surface area contributed by atoms with Gasteiger partial charge in [0.2, 0.25) is 5.91 Å². The van der Waals surface area contributed by atoms with Crippen LogP contribution in [0.3, 0.4) is 0 Å². The van der Waals surface area contributed by atoms with E-state index in [4.69, 9.17) is 4.98 Å². The summed E-state index contributed by atoms with van der Waals surface area (Å²) in [6.45, 7) is 4.03. The van der Waals surface area contributed by atoms with E-state index < -0.39 is 9.84 Å². The Morgan fingerprint density at radius 3 is 2.42 bits per heavy atom. The lowest BCUT2D eigenvalue weighted by Gasteiger charge is -2.19. The second kappa shape index (κ2) is 9.80. The molecule has 170 valence electrons. The van der Waals surface area contributed by atoms with Crippen molar-refractivity contribution in [3.63, 3.8) is 0 Å². The third kappa shape index (κ3) is 5.29. The Kier molecular flexibility index (Phi) is 6.85. The van der Waals surface area contributed by atoms with Crippen molar-refractivity contribution in [3.05, 3.63) is 83.7 Å². The highest BCUT2D eigenvalue weighted by Crippen LogP contribution is 2.31. The van der Waals surface area contributed by atoms with E-state index in [9.17, 15) is 13.2 Å². The van der Waals surface area contributed by atoms with Gasteiger partial charge in [0.1, 0.15) is 0 Å². The van der Waals surface area contributed by atoms with Gasteiger partial charge in [0.15, 0.2) is 15.0 Å². The molecule has 2 aromatic carbocycles. The lowest BCUT2D eigenvalue weighted by molar-refractivity contribution is -0.118. The summed E-state index contributed by atoms with van der Waals surface area (Å²) < 4.78 is 25.2. The van der Waals surface area contributed by atoms with Crippen molar-refractivity contribution >= 4 is 42.4 Å². The number of nitrogens with zero attached hydrogens (tertiary/aromatic N) is 3. The van der Waals surface area contributed by atoms with Gasteiger partial charge in [0.05, 0.1) is 39.5 Å². The number of carbonyl (C=O) groups excluding carboxylic acids is 1. The minimum atomic E-state index is -3.28. The molecule has 0 radical (unpaired) electrons. The van der Waals surface area contributed by atoms with Crippen molar-refractivity contribution < 1.29 is 13.2 Å². The van der Waals surface area contributed by atoms with Crippen LogP contribution in [-0.4, -0.2) is 30.0 Å². The summed E-state index contributed by atoms with van der Waals surface area (Å²) in [7, 11) is -3.28. The number of carbonyl (C=O) groups is 1. The molecule has 0 spiro atoms. The average Bonchev–Trinajstić information content (AvgIpc) is 3.26. The number of aryl methyl sites for hydroxylation is 1. The monoisotopic (exact) mass is 479 g/mol. The Morgan fingerprint density at radius 1 is 1.00 bits per heavy atom. The first kappa shape index (κ1) is 23.1. The van der Waals surface area contributed by atoms with Crippen LogP contribution >= 0.6 is 11.3 Å². The molecule has 0 aliphatic carbocycles. The molecule has 4 aromatic rings. The molecule has 2 heterocycles. The second-order valence-electron chi connectivity index (χ2n) is 7.68. The summed E-state index contributed by atoms with van der Waals surface area (Å²) in [5.74, 6) is -0.0814. The minimum Gasteiger partial charge on any atom is -0.282 e. The molecule has 2 aromatic heterocycles. The molecule has 0 bridgehead atoms. The fourth-order valence-corrected chi connectivity index (χ4v) is 5.39. The maximum atomic E-state index is 13.4. The van der Waals surface area contributed by atoms with Gasteiger partial charge in [-0.1, -0.05) is 49.4 Å². The zero-order chi connectivity index (χ0) is 23.4. The van der Waals surface area contributed by atoms with Crippen molar-refractivity contribution in [3.8, 4) is 0 Å². The Hall–Kier alpha value is -3.10. The molecule has 0 atom stereocenters. The number of rotatable bonds is 8. The van der Waals surface area contributed by atoms with Crippen molar-refractivity contribution in [1.82, 2.24) is 9.97 Å². The lowest BCUT2D eigenvalue weighted by atomic mass is 10.1. The van der Waals surface area contributed by atoms with Crippen molar-refractivity contribution in [1.29, 1.82) is 0 Å². The van der Waals surface area contributed by atoms with Crippen LogP contribution in [-0.2, 0) is 34.0 Å². The van der Waals surface area contributed by atoms with E-state index in [1.807, 2.05) is 24.3 Å². The molecular weight excluding hydrogens is 454 g/mol. The van der Waals surface area contributed by atoms with Gasteiger partial charge in [-0.15, -0.1) is 0 Å². The standard InChI is InChI=1S/C25H25N3O3S2/c1-3-18-10-13-22-23(15-18)32-25(27-22)28(17-20-7-5-6-14-26-20)24(29)16-19-8-11-21(12-9-19)33(30,31)4-2/h5-15H,3-4,16-17H2,1-2H3. The Balaban J connectivity index is 1.64. The molecule has 6 nitrogen and oxygen atoms in total. The summed E-state index contributed by atoms with van der Waals surface area (Å²) in [6, 6.07) is 18.3. The van der Waals surface area contributed by atoms with Gasteiger partial charge in [-0.25, -0.2) is 13.4 Å². The molecule has 0 saturated carbocycles. The molecule has 4 rings (SSSR count). The molecule has 1 amide bonds. The van der Waals surface area contributed by atoms with Crippen LogP contribution in [0, 0.1) is 0 Å². The number of thiazole rings is 1. The van der Waals surface area contributed by atoms with Crippen LogP contribution in [0.2, 0.25) is 0 Å². The van der Waals surface area contributed by atoms with Gasteiger partial charge in [0.25, 0.3) is 0 Å². The van der Waals surface area contributed by atoms with Gasteiger partial charge in [0, 0.05) is 6.20 Å². The Bertz CT molecular complexity index is 1370. The number of benzene rings is 2. The molecule has 0 saturated heterocycles. The van der Waals surface area contributed by atoms with Gasteiger partial charge in [-0.3, -0.25) is 14.7 Å². The van der Waals surface area contributed by atoms with Gasteiger partial charge >= 0.3 is 0 Å². The van der Waals surface area contributed by atoms with Gasteiger partial charge in [-0.05, 0) is 53.9 Å². The number of anilines is 1. The lowest BCUT2D eigenvalue weighted by Crippen LogP contribution is -2.32. The fraction of sp³-hybridized carbons (Fsp3) is 0.240. The van der Waals surface area contributed by atoms with Crippen LogP contribution in [0.25, 0.3) is 10.2 Å². The van der Waals surface area contributed by atoms with Crippen LogP contribution in [0.5, 0.6) is 0 Å². The maximum absolute atomic E-state index is 13.4. The predicted molar refractivity (Wildman–Crippen MR) is 132 cm³/mol. The Morgan fingerprint density at radius 2 is 1.76 bits per heavy atom. The molecule has 0 aliphatic heterocycles. The predicted octanol–water partition coefficient (Wildman–Crippen LogP) is 4.82. The molecule has 33 heavy (non-hydrogen) atoms. The van der Waals surface area contributed by atoms with E-state index in [0.29, 0.717) is 11.7 Å². The summed E-state index contributed by atoms with van der Waals surface area (Å²) in [6.07, 6.45) is 2.77. The highest BCUT2D eigenvalue weighted by Gasteiger charge is 2.21. The van der Waals surface area contributed by atoms with E-state index in [0.717, 1.165) is 27.9 Å². The highest BCUT2D eigenvalue weighted by molar-refractivity contribution is 7.91. The largest absolute Gasteiger partial charge is 0.282 e. The number of hydrogen-bond acceptors (Lipinski definition) is 6. The van der Waals surface area contributed by atoms with E-state index >= 15 is 0 Å². The second-order valence-corrected chi connectivity index (χ2v) is 11.0. The highest BCUT2D eigenvalue weighted by atomic mass is 32.2. The zero-order valence-corrected chi connectivity index (χ0v) is 20.2. The number of pyridine rings is 1. The quantitative estimate of drug-likeness (QED) is 0.362. The molecular formula is C25H25N3O3S2. The van der Waals surface area contributed by atoms with Crippen LogP contribution in [0.1, 0.15) is 30.7 Å². The van der Waals surface area contributed by atoms with E-state index in [2.05, 4.69) is 24.0 Å².